The van der Waals surface area contributed by atoms with Crippen LogP contribution >= 0.6 is 22.7 Å². The van der Waals surface area contributed by atoms with Crippen LogP contribution in [0.1, 0.15) is 5.56 Å². The number of aryl methyl sites for hydroxylation is 1. The Kier molecular flexibility index (Phi) is 3.87. The molecule has 7 rings (SSSR count). The molecule has 2 heterocycles. The normalized spacial score (nSPS) is 11.9. The highest BCUT2D eigenvalue weighted by atomic mass is 32.1. The Hall–Kier alpha value is -3.40. The number of para-hydroxylation sites is 1. The van der Waals surface area contributed by atoms with Crippen molar-refractivity contribution >= 4 is 85.2 Å². The number of nitrogens with one attached hydrogen (secondary N) is 1. The minimum atomic E-state index is 1.16. The second-order valence-electron chi connectivity index (χ2n) is 8.30. The zero-order valence-electron chi connectivity index (χ0n) is 17.5. The van der Waals surface area contributed by atoms with Crippen LogP contribution in [0.2, 0.25) is 0 Å². The van der Waals surface area contributed by atoms with Gasteiger partial charge in [-0.2, -0.15) is 0 Å². The summed E-state index contributed by atoms with van der Waals surface area (Å²) in [6.45, 7) is 2.16. The zero-order chi connectivity index (χ0) is 21.2. The molecular weight excluding hydrogens is 426 g/mol. The van der Waals surface area contributed by atoms with Crippen LogP contribution < -0.4 is 5.32 Å². The van der Waals surface area contributed by atoms with Gasteiger partial charge in [-0.1, -0.05) is 60.7 Å². The van der Waals surface area contributed by atoms with E-state index in [-0.39, 0.29) is 0 Å². The quantitative estimate of drug-likeness (QED) is 0.279. The van der Waals surface area contributed by atoms with Crippen molar-refractivity contribution < 1.29 is 0 Å². The van der Waals surface area contributed by atoms with E-state index in [2.05, 4.69) is 103 Å². The Balaban J connectivity index is 1.67. The molecule has 1 nitrogen and oxygen atoms in total. The summed E-state index contributed by atoms with van der Waals surface area (Å²) in [6.07, 6.45) is 0. The summed E-state index contributed by atoms with van der Waals surface area (Å²) in [5.41, 5.74) is 3.60. The van der Waals surface area contributed by atoms with Crippen LogP contribution in [0.5, 0.6) is 0 Å². The molecule has 0 fully saturated rings. The maximum atomic E-state index is 3.79. The molecule has 5 aromatic carbocycles. The molecule has 152 valence electrons. The summed E-state index contributed by atoms with van der Waals surface area (Å²) in [4.78, 5) is 0. The number of hydrogen-bond donors (Lipinski definition) is 1. The van der Waals surface area contributed by atoms with E-state index in [9.17, 15) is 0 Å². The molecule has 0 saturated carbocycles. The van der Waals surface area contributed by atoms with E-state index in [1.54, 1.807) is 0 Å². The summed E-state index contributed by atoms with van der Waals surface area (Å²) >= 11 is 3.76. The summed E-state index contributed by atoms with van der Waals surface area (Å²) < 4.78 is 5.34. The van der Waals surface area contributed by atoms with Gasteiger partial charge in [0.05, 0.1) is 10.4 Å². The minimum absolute atomic E-state index is 1.16. The van der Waals surface area contributed by atoms with E-state index in [4.69, 9.17) is 0 Å². The van der Waals surface area contributed by atoms with Gasteiger partial charge >= 0.3 is 0 Å². The number of fused-ring (bicyclic) bond motifs is 9. The third kappa shape index (κ3) is 2.56. The van der Waals surface area contributed by atoms with Gasteiger partial charge in [0.25, 0.3) is 0 Å². The van der Waals surface area contributed by atoms with Gasteiger partial charge in [0.2, 0.25) is 0 Å². The van der Waals surface area contributed by atoms with Gasteiger partial charge in [0.1, 0.15) is 0 Å². The molecule has 0 spiro atoms. The zero-order valence-corrected chi connectivity index (χ0v) is 19.1. The van der Waals surface area contributed by atoms with E-state index < -0.39 is 0 Å². The second-order valence-corrected chi connectivity index (χ2v) is 10.4. The van der Waals surface area contributed by atoms with Gasteiger partial charge in [-0.25, -0.2) is 0 Å². The molecular formula is C29H19NS2. The summed E-state index contributed by atoms with van der Waals surface area (Å²) in [6, 6.07) is 33.1. The molecule has 0 atom stereocenters. The molecule has 0 unspecified atom stereocenters. The number of hydrogen-bond acceptors (Lipinski definition) is 3. The Bertz CT molecular complexity index is 1820. The lowest BCUT2D eigenvalue weighted by atomic mass is 9.98. The molecule has 0 aliphatic carbocycles. The molecule has 0 saturated heterocycles. The van der Waals surface area contributed by atoms with Crippen molar-refractivity contribution in [3.63, 3.8) is 0 Å². The monoisotopic (exact) mass is 445 g/mol. The van der Waals surface area contributed by atoms with Crippen molar-refractivity contribution in [2.75, 3.05) is 5.32 Å². The molecule has 0 aliphatic rings. The smallest absolute Gasteiger partial charge is 0.0596 e. The van der Waals surface area contributed by atoms with Crippen LogP contribution in [0.3, 0.4) is 0 Å². The Morgan fingerprint density at radius 1 is 0.531 bits per heavy atom. The standard InChI is InChI=1S/C29H19NS2/c1-17-8-2-5-11-22(17)30-23-16-21-18(28-20-10-4-7-13-25(20)32-29(23)28)14-15-26-27(21)19-9-3-6-12-24(19)31-26/h2-16,30H,1H3. The average Bonchev–Trinajstić information content (AvgIpc) is 3.39. The van der Waals surface area contributed by atoms with Crippen LogP contribution in [0.25, 0.3) is 51.1 Å². The van der Waals surface area contributed by atoms with Crippen molar-refractivity contribution in [1.82, 2.24) is 0 Å². The fourth-order valence-corrected chi connectivity index (χ4v) is 7.18. The highest BCUT2D eigenvalue weighted by molar-refractivity contribution is 7.27. The SMILES string of the molecule is Cc1ccccc1Nc1cc2c(ccc3sc4ccccc4c32)c2c1sc1ccccc12. The van der Waals surface area contributed by atoms with Crippen LogP contribution in [-0.4, -0.2) is 0 Å². The lowest BCUT2D eigenvalue weighted by molar-refractivity contribution is 1.44. The first kappa shape index (κ1) is 18.2. The lowest BCUT2D eigenvalue weighted by Gasteiger charge is -2.13. The maximum absolute atomic E-state index is 3.79. The first-order valence-electron chi connectivity index (χ1n) is 10.8. The van der Waals surface area contributed by atoms with Gasteiger partial charge in [-0.3, -0.25) is 0 Å². The van der Waals surface area contributed by atoms with E-state index >= 15 is 0 Å². The molecule has 1 N–H and O–H groups in total. The summed E-state index contributed by atoms with van der Waals surface area (Å²) in [7, 11) is 0. The van der Waals surface area contributed by atoms with Crippen molar-refractivity contribution in [1.29, 1.82) is 0 Å². The van der Waals surface area contributed by atoms with Crippen LogP contribution in [0.15, 0.2) is 91.0 Å². The number of rotatable bonds is 2. The number of anilines is 2. The topological polar surface area (TPSA) is 12.0 Å². The van der Waals surface area contributed by atoms with Crippen molar-refractivity contribution in [3.05, 3.63) is 96.6 Å². The molecule has 32 heavy (non-hydrogen) atoms. The first-order valence-corrected chi connectivity index (χ1v) is 12.4. The van der Waals surface area contributed by atoms with E-state index in [1.165, 1.54) is 62.4 Å². The van der Waals surface area contributed by atoms with Gasteiger partial charge in [0.15, 0.2) is 0 Å². The maximum Gasteiger partial charge on any atom is 0.0596 e. The van der Waals surface area contributed by atoms with Gasteiger partial charge in [-0.15, -0.1) is 22.7 Å². The number of thiophene rings is 2. The van der Waals surface area contributed by atoms with Crippen LogP contribution in [0.4, 0.5) is 11.4 Å². The second kappa shape index (κ2) is 6.80. The fraction of sp³-hybridized carbons (Fsp3) is 0.0345. The minimum Gasteiger partial charge on any atom is -0.354 e. The molecule has 7 aromatic rings. The van der Waals surface area contributed by atoms with Crippen LogP contribution in [0, 0.1) is 6.92 Å². The highest BCUT2D eigenvalue weighted by Gasteiger charge is 2.17. The number of benzene rings is 5. The largest absolute Gasteiger partial charge is 0.354 e. The Morgan fingerprint density at radius 2 is 1.22 bits per heavy atom. The molecule has 0 bridgehead atoms. The highest BCUT2D eigenvalue weighted by Crippen LogP contribution is 2.47. The predicted octanol–water partition coefficient (Wildman–Crippen LogP) is 9.63. The van der Waals surface area contributed by atoms with E-state index in [0.29, 0.717) is 0 Å². The van der Waals surface area contributed by atoms with Gasteiger partial charge in [0, 0.05) is 41.3 Å². The third-order valence-electron chi connectivity index (χ3n) is 6.40. The van der Waals surface area contributed by atoms with Crippen molar-refractivity contribution in [2.24, 2.45) is 0 Å². The Labute approximate surface area is 193 Å². The van der Waals surface area contributed by atoms with Crippen molar-refractivity contribution in [3.8, 4) is 0 Å². The lowest BCUT2D eigenvalue weighted by Crippen LogP contribution is -1.93. The molecule has 0 amide bonds. The van der Waals surface area contributed by atoms with E-state index in [0.717, 1.165) is 5.69 Å². The van der Waals surface area contributed by atoms with Gasteiger partial charge in [-0.05, 0) is 53.6 Å². The van der Waals surface area contributed by atoms with E-state index in [1.807, 2.05) is 22.7 Å². The molecule has 2 aromatic heterocycles. The average molecular weight is 446 g/mol. The summed E-state index contributed by atoms with van der Waals surface area (Å²) in [5.74, 6) is 0. The Morgan fingerprint density at radius 3 is 2.03 bits per heavy atom. The predicted molar refractivity (Wildman–Crippen MR) is 144 cm³/mol. The van der Waals surface area contributed by atoms with Crippen molar-refractivity contribution in [2.45, 2.75) is 6.92 Å². The fourth-order valence-electron chi connectivity index (χ4n) is 4.87. The van der Waals surface area contributed by atoms with Gasteiger partial charge < -0.3 is 5.32 Å². The molecule has 3 heteroatoms. The first-order chi connectivity index (χ1) is 15.8. The summed E-state index contributed by atoms with van der Waals surface area (Å²) in [5, 5.41) is 11.9. The molecule has 0 aliphatic heterocycles. The third-order valence-corrected chi connectivity index (χ3v) is 8.74. The molecule has 0 radical (unpaired) electrons. The van der Waals surface area contributed by atoms with Crippen LogP contribution in [-0.2, 0) is 0 Å².